The molecule has 2 aromatic rings. The zero-order valence-corrected chi connectivity index (χ0v) is 12.7. The van der Waals surface area contributed by atoms with E-state index in [0.717, 1.165) is 29.8 Å². The molecule has 0 aromatic heterocycles. The van der Waals surface area contributed by atoms with Crippen molar-refractivity contribution in [1.82, 2.24) is 0 Å². The van der Waals surface area contributed by atoms with E-state index >= 15 is 0 Å². The molecule has 1 aliphatic rings. The summed E-state index contributed by atoms with van der Waals surface area (Å²) in [6, 6.07) is 14.3. The largest absolute Gasteiger partial charge is 0.384 e. The number of nitrogens with one attached hydrogen (secondary N) is 1. The Hall–Kier alpha value is -1.83. The van der Waals surface area contributed by atoms with Gasteiger partial charge in [-0.15, -0.1) is 0 Å². The lowest BCUT2D eigenvalue weighted by atomic mass is 9.96. The maximum atomic E-state index is 14.7. The lowest BCUT2D eigenvalue weighted by molar-refractivity contribution is 0.343. The molecule has 0 aliphatic carbocycles. The Morgan fingerprint density at radius 1 is 1.10 bits per heavy atom. The van der Waals surface area contributed by atoms with E-state index in [1.165, 1.54) is 11.1 Å². The molecule has 21 heavy (non-hydrogen) atoms. The minimum absolute atomic E-state index is 0.441. The van der Waals surface area contributed by atoms with Gasteiger partial charge in [-0.25, -0.2) is 4.39 Å². The Morgan fingerprint density at radius 2 is 1.86 bits per heavy atom. The first kappa shape index (κ1) is 14.1. The van der Waals surface area contributed by atoms with Gasteiger partial charge in [0.25, 0.3) is 0 Å². The fraction of sp³-hybridized carbons (Fsp3) is 0.368. The molecule has 0 saturated carbocycles. The third-order valence-electron chi connectivity index (χ3n) is 4.28. The molecule has 0 amide bonds. The predicted molar refractivity (Wildman–Crippen MR) is 86.7 cm³/mol. The number of para-hydroxylation sites is 1. The average molecular weight is 283 g/mol. The third-order valence-corrected chi connectivity index (χ3v) is 4.28. The molecule has 1 heterocycles. The third kappa shape index (κ3) is 2.94. The van der Waals surface area contributed by atoms with E-state index in [2.05, 4.69) is 49.5 Å². The second-order valence-corrected chi connectivity index (χ2v) is 6.13. The second kappa shape index (κ2) is 5.88. The summed E-state index contributed by atoms with van der Waals surface area (Å²) in [4.78, 5) is 0. The number of hydrogen-bond acceptors (Lipinski definition) is 1. The van der Waals surface area contributed by atoms with E-state index in [1.807, 2.05) is 12.1 Å². The van der Waals surface area contributed by atoms with Crippen LogP contribution in [0.15, 0.2) is 42.5 Å². The molecule has 1 unspecified atom stereocenters. The number of alkyl halides is 1. The molecule has 1 aliphatic heterocycles. The minimum Gasteiger partial charge on any atom is -0.384 e. The van der Waals surface area contributed by atoms with Crippen molar-refractivity contribution < 1.29 is 4.39 Å². The normalized spacial score (nSPS) is 14.9. The van der Waals surface area contributed by atoms with Crippen LogP contribution in [-0.4, -0.2) is 6.54 Å². The fourth-order valence-electron chi connectivity index (χ4n) is 2.98. The molecule has 0 spiro atoms. The molecular formula is C19H22FN. The maximum Gasteiger partial charge on any atom is 0.131 e. The Bertz CT molecular complexity index is 616. The van der Waals surface area contributed by atoms with Crippen molar-refractivity contribution in [2.24, 2.45) is 0 Å². The summed E-state index contributed by atoms with van der Waals surface area (Å²) in [6.07, 6.45) is 0.491. The van der Waals surface area contributed by atoms with E-state index in [9.17, 15) is 4.39 Å². The Labute approximate surface area is 126 Å². The molecule has 3 rings (SSSR count). The first-order valence-corrected chi connectivity index (χ1v) is 7.73. The number of halogens is 1. The zero-order chi connectivity index (χ0) is 14.8. The highest BCUT2D eigenvalue weighted by atomic mass is 19.1. The summed E-state index contributed by atoms with van der Waals surface area (Å²) in [7, 11) is 0. The van der Waals surface area contributed by atoms with Crippen LogP contribution in [0.5, 0.6) is 0 Å². The van der Waals surface area contributed by atoms with Crippen LogP contribution in [0.4, 0.5) is 10.1 Å². The van der Waals surface area contributed by atoms with Gasteiger partial charge in [0.1, 0.15) is 6.17 Å². The molecule has 0 radical (unpaired) electrons. The highest BCUT2D eigenvalue weighted by molar-refractivity contribution is 5.62. The van der Waals surface area contributed by atoms with Gasteiger partial charge in [-0.1, -0.05) is 56.3 Å². The van der Waals surface area contributed by atoms with E-state index in [4.69, 9.17) is 0 Å². The van der Waals surface area contributed by atoms with Gasteiger partial charge in [0.15, 0.2) is 0 Å². The topological polar surface area (TPSA) is 12.0 Å². The van der Waals surface area contributed by atoms with Crippen LogP contribution in [0.1, 0.15) is 48.2 Å². The lowest BCUT2D eigenvalue weighted by Crippen LogP contribution is -2.02. The monoisotopic (exact) mass is 283 g/mol. The Kier molecular flexibility index (Phi) is 3.96. The lowest BCUT2D eigenvalue weighted by Gasteiger charge is -2.14. The van der Waals surface area contributed by atoms with Crippen molar-refractivity contribution in [1.29, 1.82) is 0 Å². The smallest absolute Gasteiger partial charge is 0.131 e. The average Bonchev–Trinajstić information content (AvgIpc) is 2.96. The number of benzene rings is 2. The van der Waals surface area contributed by atoms with Crippen LogP contribution in [0.2, 0.25) is 0 Å². The molecule has 1 nitrogen and oxygen atoms in total. The van der Waals surface area contributed by atoms with Crippen molar-refractivity contribution in [3.05, 3.63) is 64.7 Å². The summed E-state index contributed by atoms with van der Waals surface area (Å²) in [6.45, 7) is 5.26. The highest BCUT2D eigenvalue weighted by Gasteiger charge is 2.20. The van der Waals surface area contributed by atoms with Gasteiger partial charge in [-0.3, -0.25) is 0 Å². The van der Waals surface area contributed by atoms with Gasteiger partial charge in [0.2, 0.25) is 0 Å². The summed E-state index contributed by atoms with van der Waals surface area (Å²) in [5.41, 5.74) is 5.42. The van der Waals surface area contributed by atoms with Crippen molar-refractivity contribution in [3.8, 4) is 0 Å². The molecule has 110 valence electrons. The minimum atomic E-state index is -0.949. The van der Waals surface area contributed by atoms with E-state index < -0.39 is 6.17 Å². The first-order valence-electron chi connectivity index (χ1n) is 7.73. The van der Waals surface area contributed by atoms with Crippen LogP contribution in [0, 0.1) is 0 Å². The van der Waals surface area contributed by atoms with E-state index in [0.29, 0.717) is 12.3 Å². The van der Waals surface area contributed by atoms with E-state index in [1.54, 1.807) is 0 Å². The highest BCUT2D eigenvalue weighted by Crippen LogP contribution is 2.34. The first-order chi connectivity index (χ1) is 10.1. The van der Waals surface area contributed by atoms with Crippen molar-refractivity contribution in [3.63, 3.8) is 0 Å². The van der Waals surface area contributed by atoms with E-state index in [-0.39, 0.29) is 0 Å². The van der Waals surface area contributed by atoms with Crippen LogP contribution < -0.4 is 5.32 Å². The molecule has 2 heteroatoms. The molecule has 2 aromatic carbocycles. The molecule has 0 bridgehead atoms. The molecule has 1 N–H and O–H groups in total. The van der Waals surface area contributed by atoms with Crippen LogP contribution >= 0.6 is 0 Å². The second-order valence-electron chi connectivity index (χ2n) is 6.13. The summed E-state index contributed by atoms with van der Waals surface area (Å²) < 4.78 is 14.7. The van der Waals surface area contributed by atoms with Gasteiger partial charge < -0.3 is 5.32 Å². The van der Waals surface area contributed by atoms with Gasteiger partial charge in [-0.05, 0) is 29.0 Å². The fourth-order valence-corrected chi connectivity index (χ4v) is 2.98. The summed E-state index contributed by atoms with van der Waals surface area (Å²) in [5, 5.41) is 3.32. The van der Waals surface area contributed by atoms with Crippen LogP contribution in [-0.2, 0) is 12.8 Å². The predicted octanol–water partition coefficient (Wildman–Crippen LogP) is 5.03. The van der Waals surface area contributed by atoms with Gasteiger partial charge >= 0.3 is 0 Å². The number of anilines is 1. The summed E-state index contributed by atoms with van der Waals surface area (Å²) >= 11 is 0. The van der Waals surface area contributed by atoms with Gasteiger partial charge in [-0.2, -0.15) is 0 Å². The van der Waals surface area contributed by atoms with Crippen molar-refractivity contribution in [2.75, 3.05) is 11.9 Å². The summed E-state index contributed by atoms with van der Waals surface area (Å²) in [5.74, 6) is 0.516. The van der Waals surface area contributed by atoms with Gasteiger partial charge in [0.05, 0.1) is 0 Å². The number of hydrogen-bond donors (Lipinski definition) is 1. The molecule has 0 fully saturated rings. The zero-order valence-electron chi connectivity index (χ0n) is 12.7. The Balaban J connectivity index is 1.77. The Morgan fingerprint density at radius 3 is 2.57 bits per heavy atom. The van der Waals surface area contributed by atoms with Crippen molar-refractivity contribution >= 4 is 5.69 Å². The number of rotatable bonds is 4. The van der Waals surface area contributed by atoms with Gasteiger partial charge in [0, 0.05) is 24.2 Å². The van der Waals surface area contributed by atoms with Crippen molar-refractivity contribution in [2.45, 2.75) is 38.8 Å². The standard InChI is InChI=1S/C19H22FN/c1-13(2)15-8-6-14(7-9-15)12-18(20)17-5-3-4-16-10-11-21-19(16)17/h3-9,13,18,21H,10-12H2,1-2H3. The quantitative estimate of drug-likeness (QED) is 0.829. The van der Waals surface area contributed by atoms with Crippen LogP contribution in [0.25, 0.3) is 0 Å². The van der Waals surface area contributed by atoms with Crippen LogP contribution in [0.3, 0.4) is 0 Å². The molecule has 1 atom stereocenters. The maximum absolute atomic E-state index is 14.7. The molecular weight excluding hydrogens is 261 g/mol. The number of fused-ring (bicyclic) bond motifs is 1. The SMILES string of the molecule is CC(C)c1ccc(CC(F)c2cccc3c2NCC3)cc1. The molecule has 0 saturated heterocycles.